The molecular weight excluding hydrogens is 230 g/mol. The molecule has 1 atom stereocenters. The van der Waals surface area contributed by atoms with E-state index in [4.69, 9.17) is 5.84 Å². The fourth-order valence-electron chi connectivity index (χ4n) is 1.86. The lowest BCUT2D eigenvalue weighted by atomic mass is 10.1. The number of nitrogens with zero attached hydrogens (tertiary/aromatic N) is 1. The summed E-state index contributed by atoms with van der Waals surface area (Å²) >= 11 is 1.83. The number of nitrogens with one attached hydrogen (secondary N) is 1. The van der Waals surface area contributed by atoms with Gasteiger partial charge < -0.3 is 0 Å². The number of nitrogens with two attached hydrogens (primary N) is 1. The number of aromatic nitrogens is 1. The number of rotatable bonds is 5. The van der Waals surface area contributed by atoms with Gasteiger partial charge in [-0.2, -0.15) is 11.8 Å². The predicted octanol–water partition coefficient (Wildman–Crippen LogP) is 2.49. The van der Waals surface area contributed by atoms with Crippen molar-refractivity contribution in [2.24, 2.45) is 5.84 Å². The van der Waals surface area contributed by atoms with E-state index in [1.807, 2.05) is 36.2 Å². The summed E-state index contributed by atoms with van der Waals surface area (Å²) in [7, 11) is 0. The van der Waals surface area contributed by atoms with E-state index in [9.17, 15) is 0 Å². The molecule has 1 aromatic heterocycles. The van der Waals surface area contributed by atoms with Crippen LogP contribution in [0.25, 0.3) is 10.9 Å². The molecule has 4 heteroatoms. The van der Waals surface area contributed by atoms with Gasteiger partial charge in [0.1, 0.15) is 0 Å². The summed E-state index contributed by atoms with van der Waals surface area (Å²) in [5.41, 5.74) is 5.04. The Morgan fingerprint density at radius 2 is 2.24 bits per heavy atom. The molecule has 3 nitrogen and oxygen atoms in total. The van der Waals surface area contributed by atoms with Crippen molar-refractivity contribution in [1.82, 2.24) is 10.4 Å². The van der Waals surface area contributed by atoms with E-state index in [-0.39, 0.29) is 6.04 Å². The van der Waals surface area contributed by atoms with Crippen molar-refractivity contribution in [3.05, 3.63) is 42.1 Å². The van der Waals surface area contributed by atoms with Crippen LogP contribution in [0.15, 0.2) is 36.5 Å². The normalized spacial score (nSPS) is 12.8. The van der Waals surface area contributed by atoms with Gasteiger partial charge in [0, 0.05) is 17.6 Å². The van der Waals surface area contributed by atoms with Crippen LogP contribution in [-0.2, 0) is 0 Å². The number of fused-ring (bicyclic) bond motifs is 1. The number of para-hydroxylation sites is 1. The molecule has 2 aromatic rings. The van der Waals surface area contributed by atoms with Crippen molar-refractivity contribution in [3.8, 4) is 0 Å². The molecule has 1 unspecified atom stereocenters. The molecule has 0 bridgehead atoms. The van der Waals surface area contributed by atoms with Crippen LogP contribution in [0.4, 0.5) is 0 Å². The highest BCUT2D eigenvalue weighted by atomic mass is 32.2. The van der Waals surface area contributed by atoms with Gasteiger partial charge in [0.2, 0.25) is 0 Å². The molecule has 0 spiro atoms. The van der Waals surface area contributed by atoms with Gasteiger partial charge in [-0.1, -0.05) is 18.2 Å². The van der Waals surface area contributed by atoms with Crippen molar-refractivity contribution < 1.29 is 0 Å². The van der Waals surface area contributed by atoms with Gasteiger partial charge in [0.15, 0.2) is 0 Å². The Kier molecular flexibility index (Phi) is 4.36. The molecule has 1 aromatic carbocycles. The average molecular weight is 247 g/mol. The topological polar surface area (TPSA) is 50.9 Å². The van der Waals surface area contributed by atoms with E-state index < -0.39 is 0 Å². The minimum atomic E-state index is 0.180. The molecule has 0 aliphatic carbocycles. The predicted molar refractivity (Wildman–Crippen MR) is 74.8 cm³/mol. The molecule has 90 valence electrons. The summed E-state index contributed by atoms with van der Waals surface area (Å²) in [6, 6.07) is 10.5. The van der Waals surface area contributed by atoms with Gasteiger partial charge in [-0.25, -0.2) is 0 Å². The second kappa shape index (κ2) is 6.00. The van der Waals surface area contributed by atoms with E-state index in [0.29, 0.717) is 0 Å². The largest absolute Gasteiger partial charge is 0.271 e. The Morgan fingerprint density at radius 1 is 1.41 bits per heavy atom. The van der Waals surface area contributed by atoms with E-state index in [1.165, 1.54) is 0 Å². The van der Waals surface area contributed by atoms with Crippen LogP contribution < -0.4 is 11.3 Å². The second-order valence-corrected chi connectivity index (χ2v) is 4.95. The van der Waals surface area contributed by atoms with Crippen LogP contribution >= 0.6 is 11.8 Å². The Bertz CT molecular complexity index is 487. The second-order valence-electron chi connectivity index (χ2n) is 3.96. The number of pyridine rings is 1. The lowest BCUT2D eigenvalue weighted by molar-refractivity contribution is 0.542. The van der Waals surface area contributed by atoms with Gasteiger partial charge in [-0.3, -0.25) is 16.3 Å². The van der Waals surface area contributed by atoms with Crippen molar-refractivity contribution in [1.29, 1.82) is 0 Å². The Morgan fingerprint density at radius 3 is 3.00 bits per heavy atom. The third-order valence-electron chi connectivity index (χ3n) is 2.83. The van der Waals surface area contributed by atoms with Crippen molar-refractivity contribution in [2.45, 2.75) is 12.5 Å². The van der Waals surface area contributed by atoms with Crippen molar-refractivity contribution in [2.75, 3.05) is 12.0 Å². The molecule has 0 aliphatic heterocycles. The zero-order valence-electron chi connectivity index (χ0n) is 9.89. The fourth-order valence-corrected chi connectivity index (χ4v) is 2.33. The van der Waals surface area contributed by atoms with E-state index in [0.717, 1.165) is 28.6 Å². The highest BCUT2D eigenvalue weighted by Crippen LogP contribution is 2.21. The average Bonchev–Trinajstić information content (AvgIpc) is 2.39. The zero-order valence-corrected chi connectivity index (χ0v) is 10.7. The number of hydrogen-bond acceptors (Lipinski definition) is 4. The lowest BCUT2D eigenvalue weighted by Crippen LogP contribution is -2.28. The van der Waals surface area contributed by atoms with Crippen LogP contribution in [0.5, 0.6) is 0 Å². The maximum absolute atomic E-state index is 5.60. The van der Waals surface area contributed by atoms with Crippen LogP contribution in [0.2, 0.25) is 0 Å². The third-order valence-corrected chi connectivity index (χ3v) is 3.47. The molecule has 1 heterocycles. The minimum absolute atomic E-state index is 0.180. The first-order chi connectivity index (χ1) is 8.35. The van der Waals surface area contributed by atoms with Crippen LogP contribution in [0.3, 0.4) is 0 Å². The Labute approximate surface area is 106 Å². The van der Waals surface area contributed by atoms with E-state index in [2.05, 4.69) is 28.8 Å². The summed E-state index contributed by atoms with van der Waals surface area (Å²) in [6.45, 7) is 0. The maximum atomic E-state index is 5.60. The van der Waals surface area contributed by atoms with Gasteiger partial charge >= 0.3 is 0 Å². The Hall–Kier alpha value is -1.10. The molecule has 3 N–H and O–H groups in total. The number of thioether (sulfide) groups is 1. The fraction of sp³-hybridized carbons (Fsp3) is 0.308. The lowest BCUT2D eigenvalue weighted by Gasteiger charge is -2.15. The van der Waals surface area contributed by atoms with Crippen molar-refractivity contribution in [3.63, 3.8) is 0 Å². The number of hydrogen-bond donors (Lipinski definition) is 2. The zero-order chi connectivity index (χ0) is 12.1. The monoisotopic (exact) mass is 247 g/mol. The third kappa shape index (κ3) is 2.97. The summed E-state index contributed by atoms with van der Waals surface area (Å²) < 4.78 is 0. The van der Waals surface area contributed by atoms with Crippen LogP contribution in [0.1, 0.15) is 18.0 Å². The first kappa shape index (κ1) is 12.4. The molecule has 2 rings (SSSR count). The SMILES string of the molecule is CSCCC(NN)c1cnc2ccccc2c1. The molecule has 0 saturated carbocycles. The van der Waals surface area contributed by atoms with Crippen molar-refractivity contribution >= 4 is 22.7 Å². The Balaban J connectivity index is 2.27. The first-order valence-corrected chi connectivity index (χ1v) is 7.04. The molecule has 17 heavy (non-hydrogen) atoms. The molecule has 0 amide bonds. The first-order valence-electron chi connectivity index (χ1n) is 5.65. The highest BCUT2D eigenvalue weighted by Gasteiger charge is 2.10. The maximum Gasteiger partial charge on any atom is 0.0702 e. The summed E-state index contributed by atoms with van der Waals surface area (Å²) in [6.07, 6.45) is 5.02. The highest BCUT2D eigenvalue weighted by molar-refractivity contribution is 7.98. The minimum Gasteiger partial charge on any atom is -0.271 e. The summed E-state index contributed by atoms with van der Waals surface area (Å²) in [5, 5.41) is 1.16. The van der Waals surface area contributed by atoms with Gasteiger partial charge in [-0.15, -0.1) is 0 Å². The molecular formula is C13H17N3S. The molecule has 0 fully saturated rings. The number of hydrazine groups is 1. The standard InChI is InChI=1S/C13H17N3S/c1-17-7-6-13(16-14)11-8-10-4-2-3-5-12(10)15-9-11/h2-5,8-9,13,16H,6-7,14H2,1H3. The quantitative estimate of drug-likeness (QED) is 0.629. The van der Waals surface area contributed by atoms with E-state index >= 15 is 0 Å². The van der Waals surface area contributed by atoms with Crippen LogP contribution in [0, 0.1) is 0 Å². The van der Waals surface area contributed by atoms with Gasteiger partial charge in [0.25, 0.3) is 0 Å². The van der Waals surface area contributed by atoms with Crippen LogP contribution in [-0.4, -0.2) is 17.0 Å². The molecule has 0 aliphatic rings. The summed E-state index contributed by atoms with van der Waals surface area (Å²) in [4.78, 5) is 4.46. The number of benzene rings is 1. The molecule has 0 saturated heterocycles. The smallest absolute Gasteiger partial charge is 0.0702 e. The van der Waals surface area contributed by atoms with E-state index in [1.54, 1.807) is 0 Å². The summed E-state index contributed by atoms with van der Waals surface area (Å²) in [5.74, 6) is 6.69. The van der Waals surface area contributed by atoms with Gasteiger partial charge in [-0.05, 0) is 36.1 Å². The molecule has 0 radical (unpaired) electrons. The van der Waals surface area contributed by atoms with Gasteiger partial charge in [0.05, 0.1) is 5.52 Å².